The van der Waals surface area contributed by atoms with Gasteiger partial charge in [-0.15, -0.1) is 0 Å². The number of fused-ring (bicyclic) bond motifs is 1. The van der Waals surface area contributed by atoms with Crippen LogP contribution in [0.2, 0.25) is 0 Å². The van der Waals surface area contributed by atoms with E-state index < -0.39 is 41.3 Å². The summed E-state index contributed by atoms with van der Waals surface area (Å²) in [6, 6.07) is 5.44. The summed E-state index contributed by atoms with van der Waals surface area (Å²) in [5.74, 6) is -0.884. The summed E-state index contributed by atoms with van der Waals surface area (Å²) in [5.41, 5.74) is -0.746. The Morgan fingerprint density at radius 3 is 2.23 bits per heavy atom. The van der Waals surface area contributed by atoms with E-state index in [-0.39, 0.29) is 25.7 Å². The van der Waals surface area contributed by atoms with Crippen molar-refractivity contribution in [2.45, 2.75) is 117 Å². The molecule has 1 aliphatic rings. The Balaban J connectivity index is 1.92. The highest BCUT2D eigenvalue weighted by Crippen LogP contribution is 2.31. The van der Waals surface area contributed by atoms with Crippen molar-refractivity contribution in [1.82, 2.24) is 10.6 Å². The van der Waals surface area contributed by atoms with Gasteiger partial charge in [0.1, 0.15) is 42.2 Å². The molecule has 0 aromatic heterocycles. The lowest BCUT2D eigenvalue weighted by atomic mass is 10.0. The third-order valence-electron chi connectivity index (χ3n) is 6.39. The smallest absolute Gasteiger partial charge is 0.407 e. The lowest BCUT2D eigenvalue weighted by Crippen LogP contribution is -2.55. The number of hydrogen-bond acceptors (Lipinski definition) is 9. The predicted molar refractivity (Wildman–Crippen MR) is 164 cm³/mol. The minimum Gasteiger partial charge on any atom is -0.489 e. The zero-order chi connectivity index (χ0) is 32.0. The van der Waals surface area contributed by atoms with E-state index in [1.54, 1.807) is 52.0 Å². The fourth-order valence-corrected chi connectivity index (χ4v) is 4.58. The molecule has 0 spiro atoms. The third-order valence-corrected chi connectivity index (χ3v) is 6.39. The zero-order valence-corrected chi connectivity index (χ0v) is 27.0. The van der Waals surface area contributed by atoms with Crippen molar-refractivity contribution in [3.8, 4) is 5.75 Å². The highest BCUT2D eigenvalue weighted by molar-refractivity contribution is 6.02. The molecule has 0 radical (unpaired) electrons. The standard InChI is InChI=1S/C32H51N3O8/c1-8-40-29(38)23(17-13-11-9-10-12-16-20-33-30(39)43-32(5,6)7)34-24-22-41-26-19-15-14-18-25(26)35(28(24)37)21-27(36)42-31(2,3)4/h14-15,18-19,23-24,34H,8-13,16-17,20-22H2,1-7H3,(H,33,39)/t23-,24-/m0/s1. The van der Waals surface area contributed by atoms with Crippen molar-refractivity contribution in [3.05, 3.63) is 24.3 Å². The molecule has 1 aliphatic heterocycles. The maximum absolute atomic E-state index is 13.7. The monoisotopic (exact) mass is 605 g/mol. The first-order chi connectivity index (χ1) is 20.2. The number of alkyl carbamates (subject to hydrolysis) is 1. The molecule has 43 heavy (non-hydrogen) atoms. The van der Waals surface area contributed by atoms with Gasteiger partial charge >= 0.3 is 18.0 Å². The number of rotatable bonds is 15. The van der Waals surface area contributed by atoms with E-state index >= 15 is 0 Å². The lowest BCUT2D eigenvalue weighted by Gasteiger charge is -2.28. The second-order valence-corrected chi connectivity index (χ2v) is 12.7. The number of ether oxygens (including phenoxy) is 4. The average Bonchev–Trinajstić information content (AvgIpc) is 3.01. The van der Waals surface area contributed by atoms with Crippen LogP contribution < -0.4 is 20.3 Å². The second kappa shape index (κ2) is 17.1. The average molecular weight is 606 g/mol. The Bertz CT molecular complexity index is 1060. The summed E-state index contributed by atoms with van der Waals surface area (Å²) >= 11 is 0. The van der Waals surface area contributed by atoms with E-state index in [1.165, 1.54) is 4.90 Å². The van der Waals surface area contributed by atoms with Crippen molar-refractivity contribution in [1.29, 1.82) is 0 Å². The molecule has 0 bridgehead atoms. The van der Waals surface area contributed by atoms with Crippen LogP contribution in [-0.4, -0.2) is 73.5 Å². The van der Waals surface area contributed by atoms with Gasteiger partial charge in [0.05, 0.1) is 12.3 Å². The highest BCUT2D eigenvalue weighted by atomic mass is 16.6. The van der Waals surface area contributed by atoms with Crippen molar-refractivity contribution >= 4 is 29.6 Å². The minimum absolute atomic E-state index is 0.00605. The number of carbonyl (C=O) groups excluding carboxylic acids is 4. The molecular weight excluding hydrogens is 554 g/mol. The van der Waals surface area contributed by atoms with Gasteiger partial charge in [0.15, 0.2) is 0 Å². The molecule has 1 aromatic rings. The topological polar surface area (TPSA) is 132 Å². The van der Waals surface area contributed by atoms with E-state index in [0.717, 1.165) is 38.5 Å². The first kappa shape index (κ1) is 35.9. The van der Waals surface area contributed by atoms with Crippen LogP contribution >= 0.6 is 0 Å². The fourth-order valence-electron chi connectivity index (χ4n) is 4.58. The van der Waals surface area contributed by atoms with Crippen LogP contribution in [0.1, 0.15) is 93.4 Å². The van der Waals surface area contributed by atoms with Gasteiger partial charge in [-0.25, -0.2) is 4.79 Å². The van der Waals surface area contributed by atoms with Crippen molar-refractivity contribution < 1.29 is 38.1 Å². The van der Waals surface area contributed by atoms with Gasteiger partial charge in [0.2, 0.25) is 5.91 Å². The van der Waals surface area contributed by atoms with Crippen LogP contribution in [0, 0.1) is 0 Å². The quantitative estimate of drug-likeness (QED) is 0.163. The Morgan fingerprint density at radius 2 is 1.58 bits per heavy atom. The molecule has 1 aromatic carbocycles. The molecule has 0 unspecified atom stereocenters. The fraction of sp³-hybridized carbons (Fsp3) is 0.688. The number of esters is 2. The Kier molecular flexibility index (Phi) is 14.2. The number of amides is 2. The first-order valence-corrected chi connectivity index (χ1v) is 15.3. The molecule has 0 fully saturated rings. The van der Waals surface area contributed by atoms with Gasteiger partial charge < -0.3 is 24.3 Å². The molecule has 0 saturated heterocycles. The SMILES string of the molecule is CCOC(=O)[C@H](CCCCCCCCNC(=O)OC(C)(C)C)N[C@H]1COc2ccccc2N(CC(=O)OC(C)(C)C)C1=O. The molecule has 2 rings (SSSR count). The number of benzene rings is 1. The van der Waals surface area contributed by atoms with Gasteiger partial charge in [-0.3, -0.25) is 24.6 Å². The molecule has 11 heteroatoms. The maximum Gasteiger partial charge on any atom is 0.407 e. The summed E-state index contributed by atoms with van der Waals surface area (Å²) < 4.78 is 22.0. The normalized spacial score (nSPS) is 15.9. The van der Waals surface area contributed by atoms with Crippen LogP contribution in [0.25, 0.3) is 0 Å². The van der Waals surface area contributed by atoms with E-state index in [1.807, 2.05) is 20.8 Å². The maximum atomic E-state index is 13.7. The molecule has 1 heterocycles. The number of anilines is 1. The van der Waals surface area contributed by atoms with Crippen molar-refractivity contribution in [2.75, 3.05) is 31.2 Å². The van der Waals surface area contributed by atoms with Gasteiger partial charge in [-0.1, -0.05) is 44.2 Å². The molecule has 2 N–H and O–H groups in total. The van der Waals surface area contributed by atoms with Crippen molar-refractivity contribution in [2.24, 2.45) is 0 Å². The molecule has 0 aliphatic carbocycles. The molecule has 11 nitrogen and oxygen atoms in total. The summed E-state index contributed by atoms with van der Waals surface area (Å²) in [5, 5.41) is 5.94. The molecule has 2 amide bonds. The largest absolute Gasteiger partial charge is 0.489 e. The summed E-state index contributed by atoms with van der Waals surface area (Å²) in [6.07, 6.45) is 5.56. The number of hydrogen-bond donors (Lipinski definition) is 2. The van der Waals surface area contributed by atoms with E-state index in [4.69, 9.17) is 18.9 Å². The number of nitrogens with zero attached hydrogens (tertiary/aromatic N) is 1. The second-order valence-electron chi connectivity index (χ2n) is 12.7. The Labute approximate surface area is 256 Å². The predicted octanol–water partition coefficient (Wildman–Crippen LogP) is 4.90. The Morgan fingerprint density at radius 1 is 0.953 bits per heavy atom. The van der Waals surface area contributed by atoms with Crippen LogP contribution in [0.4, 0.5) is 10.5 Å². The number of para-hydroxylation sites is 2. The molecule has 242 valence electrons. The number of carbonyl (C=O) groups is 4. The summed E-state index contributed by atoms with van der Waals surface area (Å²) in [4.78, 5) is 52.4. The molecule has 2 atom stereocenters. The molecular formula is C32H51N3O8. The van der Waals surface area contributed by atoms with Crippen LogP contribution in [0.5, 0.6) is 5.75 Å². The summed E-state index contributed by atoms with van der Waals surface area (Å²) in [6.45, 7) is 13.0. The van der Waals surface area contributed by atoms with Crippen molar-refractivity contribution in [3.63, 3.8) is 0 Å². The van der Waals surface area contributed by atoms with Gasteiger partial charge in [-0.2, -0.15) is 0 Å². The van der Waals surface area contributed by atoms with Gasteiger partial charge in [0.25, 0.3) is 0 Å². The van der Waals surface area contributed by atoms with Gasteiger partial charge in [-0.05, 0) is 73.4 Å². The summed E-state index contributed by atoms with van der Waals surface area (Å²) in [7, 11) is 0. The van der Waals surface area contributed by atoms with E-state index in [0.29, 0.717) is 24.4 Å². The number of unbranched alkanes of at least 4 members (excludes halogenated alkanes) is 5. The van der Waals surface area contributed by atoms with E-state index in [2.05, 4.69) is 10.6 Å². The number of nitrogens with one attached hydrogen (secondary N) is 2. The third kappa shape index (κ3) is 13.7. The lowest BCUT2D eigenvalue weighted by molar-refractivity contribution is -0.154. The highest BCUT2D eigenvalue weighted by Gasteiger charge is 2.36. The van der Waals surface area contributed by atoms with Gasteiger partial charge in [0, 0.05) is 6.54 Å². The van der Waals surface area contributed by atoms with Crippen LogP contribution in [0.15, 0.2) is 24.3 Å². The molecule has 0 saturated carbocycles. The van der Waals surface area contributed by atoms with Crippen LogP contribution in [0.3, 0.4) is 0 Å². The van der Waals surface area contributed by atoms with E-state index in [9.17, 15) is 19.2 Å². The van der Waals surface area contributed by atoms with Crippen LogP contribution in [-0.2, 0) is 28.6 Å². The zero-order valence-electron chi connectivity index (χ0n) is 27.0. The minimum atomic E-state index is -0.873. The first-order valence-electron chi connectivity index (χ1n) is 15.3. The Hall–Kier alpha value is -3.34.